The summed E-state index contributed by atoms with van der Waals surface area (Å²) in [6.07, 6.45) is 0.800. The molecule has 2 aromatic rings. The predicted octanol–water partition coefficient (Wildman–Crippen LogP) is 3.92. The monoisotopic (exact) mass is 538 g/mol. The highest BCUT2D eigenvalue weighted by atomic mass is 127. The molecule has 2 rings (SSSR count). The van der Waals surface area contributed by atoms with E-state index in [2.05, 4.69) is 41.6 Å². The second-order valence-corrected chi connectivity index (χ2v) is 7.65. The Morgan fingerprint density at radius 1 is 1.06 bits per heavy atom. The number of hydrogen-bond acceptors (Lipinski definition) is 3. The number of nitrogens with zero attached hydrogens (tertiary/aromatic N) is 2. The second-order valence-electron chi connectivity index (χ2n) is 7.65. The van der Waals surface area contributed by atoms with Crippen molar-refractivity contribution in [2.45, 2.75) is 26.2 Å². The highest BCUT2D eigenvalue weighted by Gasteiger charge is 2.08. The van der Waals surface area contributed by atoms with Crippen molar-refractivity contribution in [1.82, 2.24) is 15.5 Å². The molecule has 7 heteroatoms. The van der Waals surface area contributed by atoms with Crippen LogP contribution in [0, 0.1) is 0 Å². The van der Waals surface area contributed by atoms with Crippen LogP contribution in [0.1, 0.15) is 41.3 Å². The molecule has 6 nitrogen and oxygen atoms in total. The molecule has 0 aliphatic carbocycles. The fourth-order valence-corrected chi connectivity index (χ4v) is 2.95. The highest BCUT2D eigenvalue weighted by Crippen LogP contribution is 2.18. The maximum absolute atomic E-state index is 12.1. The van der Waals surface area contributed by atoms with Crippen molar-refractivity contribution in [3.8, 4) is 5.75 Å². The lowest BCUT2D eigenvalue weighted by molar-refractivity contribution is 0.0827. The van der Waals surface area contributed by atoms with Gasteiger partial charge in [-0.2, -0.15) is 0 Å². The lowest BCUT2D eigenvalue weighted by atomic mass is 10.0. The zero-order valence-electron chi connectivity index (χ0n) is 19.1. The molecule has 2 N–H and O–H groups in total. The summed E-state index contributed by atoms with van der Waals surface area (Å²) < 4.78 is 5.78. The molecular weight excluding hydrogens is 503 g/mol. The molecule has 170 valence electrons. The van der Waals surface area contributed by atoms with Crippen LogP contribution in [0.25, 0.3) is 0 Å². The Hall–Kier alpha value is -2.29. The van der Waals surface area contributed by atoms with Gasteiger partial charge in [-0.1, -0.05) is 38.1 Å². The Labute approximate surface area is 203 Å². The minimum atomic E-state index is 0. The van der Waals surface area contributed by atoms with Crippen LogP contribution in [0.2, 0.25) is 0 Å². The Balaban J connectivity index is 0.00000480. The van der Waals surface area contributed by atoms with E-state index >= 15 is 0 Å². The first-order valence-electron chi connectivity index (χ1n) is 10.4. The van der Waals surface area contributed by atoms with Crippen LogP contribution in [-0.4, -0.2) is 57.6 Å². The summed E-state index contributed by atoms with van der Waals surface area (Å²) >= 11 is 0. The van der Waals surface area contributed by atoms with Gasteiger partial charge in [0, 0.05) is 33.3 Å². The number of carbonyl (C=O) groups excluding carboxylic acids is 1. The first-order valence-corrected chi connectivity index (χ1v) is 10.4. The van der Waals surface area contributed by atoms with Gasteiger partial charge in [0.2, 0.25) is 0 Å². The molecule has 0 fully saturated rings. The van der Waals surface area contributed by atoms with E-state index in [1.807, 2.05) is 36.4 Å². The van der Waals surface area contributed by atoms with E-state index in [9.17, 15) is 4.79 Å². The van der Waals surface area contributed by atoms with Gasteiger partial charge in [0.1, 0.15) is 12.4 Å². The molecule has 0 atom stereocenters. The van der Waals surface area contributed by atoms with Gasteiger partial charge in [0.25, 0.3) is 5.91 Å². The smallest absolute Gasteiger partial charge is 0.253 e. The van der Waals surface area contributed by atoms with Gasteiger partial charge in [-0.05, 0) is 47.7 Å². The van der Waals surface area contributed by atoms with Crippen LogP contribution >= 0.6 is 24.0 Å². The number of ether oxygens (including phenoxy) is 1. The molecule has 0 radical (unpaired) electrons. The molecule has 31 heavy (non-hydrogen) atoms. The van der Waals surface area contributed by atoms with Gasteiger partial charge in [-0.15, -0.1) is 24.0 Å². The van der Waals surface area contributed by atoms with Crippen LogP contribution in [0.15, 0.2) is 53.5 Å². The number of guanidine groups is 1. The molecule has 0 saturated heterocycles. The lowest BCUT2D eigenvalue weighted by Gasteiger charge is -2.14. The van der Waals surface area contributed by atoms with Crippen molar-refractivity contribution in [3.05, 3.63) is 65.2 Å². The molecule has 0 aliphatic heterocycles. The Morgan fingerprint density at radius 2 is 1.74 bits per heavy atom. The normalized spacial score (nSPS) is 11.0. The fourth-order valence-electron chi connectivity index (χ4n) is 2.95. The Morgan fingerprint density at radius 3 is 2.35 bits per heavy atom. The molecule has 0 heterocycles. The highest BCUT2D eigenvalue weighted by molar-refractivity contribution is 14.0. The summed E-state index contributed by atoms with van der Waals surface area (Å²) in [7, 11) is 5.27. The zero-order chi connectivity index (χ0) is 21.9. The molecular formula is C24H35IN4O2. The molecule has 0 saturated carbocycles. The van der Waals surface area contributed by atoms with E-state index in [-0.39, 0.29) is 29.9 Å². The summed E-state index contributed by atoms with van der Waals surface area (Å²) in [5.41, 5.74) is 3.12. The maximum Gasteiger partial charge on any atom is 0.253 e. The van der Waals surface area contributed by atoms with Crippen molar-refractivity contribution >= 4 is 35.8 Å². The van der Waals surface area contributed by atoms with E-state index in [4.69, 9.17) is 4.74 Å². The SMILES string of the molecule is CN=C(NCCOc1ccc(C(C)C)cc1)NCCc1cccc(C(=O)N(C)C)c1.I. The number of aliphatic imine (C=N–C) groups is 1. The summed E-state index contributed by atoms with van der Waals surface area (Å²) in [4.78, 5) is 17.9. The second kappa shape index (κ2) is 13.9. The van der Waals surface area contributed by atoms with E-state index in [0.29, 0.717) is 24.6 Å². The Kier molecular flexibility index (Phi) is 12.0. The topological polar surface area (TPSA) is 66.0 Å². The van der Waals surface area contributed by atoms with Crippen molar-refractivity contribution in [2.75, 3.05) is 40.8 Å². The summed E-state index contributed by atoms with van der Waals surface area (Å²) in [5, 5.41) is 6.55. The average molecular weight is 538 g/mol. The largest absolute Gasteiger partial charge is 0.492 e. The minimum Gasteiger partial charge on any atom is -0.492 e. The molecule has 0 bridgehead atoms. The number of rotatable bonds is 9. The van der Waals surface area contributed by atoms with Gasteiger partial charge in [0.05, 0.1) is 6.54 Å². The van der Waals surface area contributed by atoms with Gasteiger partial charge in [-0.3, -0.25) is 9.79 Å². The number of amides is 1. The molecule has 0 aliphatic rings. The zero-order valence-corrected chi connectivity index (χ0v) is 21.5. The van der Waals surface area contributed by atoms with E-state index in [1.54, 1.807) is 26.0 Å². The minimum absolute atomic E-state index is 0. The number of nitrogens with one attached hydrogen (secondary N) is 2. The third-order valence-corrected chi connectivity index (χ3v) is 4.72. The maximum atomic E-state index is 12.1. The number of hydrogen-bond donors (Lipinski definition) is 2. The number of halogens is 1. The first-order chi connectivity index (χ1) is 14.4. The molecule has 0 unspecified atom stereocenters. The molecule has 0 spiro atoms. The summed E-state index contributed by atoms with van der Waals surface area (Å²) in [6.45, 7) is 6.28. The first kappa shape index (κ1) is 26.7. The summed E-state index contributed by atoms with van der Waals surface area (Å²) in [6, 6.07) is 16.0. The van der Waals surface area contributed by atoms with Gasteiger partial charge < -0.3 is 20.3 Å². The van der Waals surface area contributed by atoms with E-state index in [0.717, 1.165) is 30.2 Å². The van der Waals surface area contributed by atoms with Gasteiger partial charge in [0.15, 0.2) is 5.96 Å². The van der Waals surface area contributed by atoms with Gasteiger partial charge in [-0.25, -0.2) is 0 Å². The average Bonchev–Trinajstić information content (AvgIpc) is 2.75. The summed E-state index contributed by atoms with van der Waals surface area (Å²) in [5.74, 6) is 2.14. The van der Waals surface area contributed by atoms with E-state index in [1.165, 1.54) is 5.56 Å². The van der Waals surface area contributed by atoms with Gasteiger partial charge >= 0.3 is 0 Å². The predicted molar refractivity (Wildman–Crippen MR) is 139 cm³/mol. The van der Waals surface area contributed by atoms with Crippen molar-refractivity contribution in [3.63, 3.8) is 0 Å². The van der Waals surface area contributed by atoms with E-state index < -0.39 is 0 Å². The van der Waals surface area contributed by atoms with Crippen molar-refractivity contribution < 1.29 is 9.53 Å². The third-order valence-electron chi connectivity index (χ3n) is 4.72. The molecule has 1 amide bonds. The van der Waals surface area contributed by atoms with Crippen LogP contribution in [0.4, 0.5) is 0 Å². The molecule has 2 aromatic carbocycles. The molecule has 0 aromatic heterocycles. The fraction of sp³-hybridized carbons (Fsp3) is 0.417. The Bertz CT molecular complexity index is 836. The quantitative estimate of drug-likeness (QED) is 0.220. The lowest BCUT2D eigenvalue weighted by Crippen LogP contribution is -2.40. The van der Waals surface area contributed by atoms with Crippen molar-refractivity contribution in [1.29, 1.82) is 0 Å². The third kappa shape index (κ3) is 9.16. The van der Waals surface area contributed by atoms with Crippen LogP contribution < -0.4 is 15.4 Å². The van der Waals surface area contributed by atoms with Crippen LogP contribution in [-0.2, 0) is 6.42 Å². The standard InChI is InChI=1S/C24H34N4O2.HI/c1-18(2)20-9-11-22(12-10-20)30-16-15-27-24(25-3)26-14-13-19-7-6-8-21(17-19)23(29)28(4)5;/h6-12,17-18H,13-16H2,1-5H3,(H2,25,26,27);1H. The number of benzene rings is 2. The van der Waals surface area contributed by atoms with Crippen molar-refractivity contribution in [2.24, 2.45) is 4.99 Å². The van der Waals surface area contributed by atoms with Crippen LogP contribution in [0.3, 0.4) is 0 Å². The van der Waals surface area contributed by atoms with Crippen LogP contribution in [0.5, 0.6) is 5.75 Å². The number of carbonyl (C=O) groups is 1.